The number of nitriles is 1. The first kappa shape index (κ1) is 9.50. The fraction of sp³-hybridized carbons (Fsp3) is 0.889. The molecule has 0 radical (unpaired) electrons. The van der Waals surface area contributed by atoms with E-state index in [2.05, 4.69) is 24.8 Å². The first-order valence-corrected chi connectivity index (χ1v) is 4.58. The average Bonchev–Trinajstić information content (AvgIpc) is 2.55. The van der Waals surface area contributed by atoms with E-state index in [4.69, 9.17) is 10.00 Å². The maximum atomic E-state index is 8.77. The van der Waals surface area contributed by atoms with Gasteiger partial charge in [0.15, 0.2) is 6.10 Å². The second-order valence-corrected chi connectivity index (χ2v) is 3.00. The lowest BCUT2D eigenvalue weighted by Gasteiger charge is -2.26. The molecule has 0 spiro atoms. The van der Waals surface area contributed by atoms with Gasteiger partial charge in [0, 0.05) is 0 Å². The largest absolute Gasteiger partial charge is 0.362 e. The Labute approximate surface area is 73.9 Å². The lowest BCUT2D eigenvalue weighted by atomic mass is 10.1. The second-order valence-electron chi connectivity index (χ2n) is 3.00. The number of hydrogen-bond acceptors (Lipinski definition) is 3. The molecule has 1 heterocycles. The summed E-state index contributed by atoms with van der Waals surface area (Å²) in [5.41, 5.74) is 0. The molecule has 0 saturated carbocycles. The van der Waals surface area contributed by atoms with E-state index < -0.39 is 0 Å². The normalized spacial score (nSPS) is 29.2. The minimum absolute atomic E-state index is 0.204. The quantitative estimate of drug-likeness (QED) is 0.631. The van der Waals surface area contributed by atoms with Crippen LogP contribution in [0, 0.1) is 11.3 Å². The molecular weight excluding hydrogens is 152 g/mol. The summed E-state index contributed by atoms with van der Waals surface area (Å²) in [7, 11) is 0. The molecule has 3 nitrogen and oxygen atoms in total. The monoisotopic (exact) mass is 168 g/mol. The third kappa shape index (κ3) is 1.77. The molecule has 3 heteroatoms. The van der Waals surface area contributed by atoms with Crippen LogP contribution in [0.1, 0.15) is 20.3 Å². The van der Waals surface area contributed by atoms with Crippen LogP contribution in [-0.4, -0.2) is 36.7 Å². The Kier molecular flexibility index (Phi) is 3.51. The van der Waals surface area contributed by atoms with Gasteiger partial charge in [0.05, 0.1) is 18.7 Å². The van der Waals surface area contributed by atoms with Crippen molar-refractivity contribution in [1.82, 2.24) is 4.90 Å². The van der Waals surface area contributed by atoms with Crippen LogP contribution in [0.3, 0.4) is 0 Å². The predicted molar refractivity (Wildman–Crippen MR) is 46.7 cm³/mol. The molecule has 0 aromatic rings. The van der Waals surface area contributed by atoms with Crippen LogP contribution in [0.25, 0.3) is 0 Å². The van der Waals surface area contributed by atoms with E-state index >= 15 is 0 Å². The van der Waals surface area contributed by atoms with E-state index in [1.54, 1.807) is 0 Å². The molecular formula is C9H16N2O. The van der Waals surface area contributed by atoms with E-state index in [0.29, 0.717) is 6.04 Å². The van der Waals surface area contributed by atoms with Crippen LogP contribution in [0.5, 0.6) is 0 Å². The predicted octanol–water partition coefficient (Wildman–Crippen LogP) is 1.01. The summed E-state index contributed by atoms with van der Waals surface area (Å²) in [6.45, 7) is 6.98. The highest BCUT2D eigenvalue weighted by atomic mass is 16.5. The smallest absolute Gasteiger partial charge is 0.159 e. The number of rotatable bonds is 3. The summed E-state index contributed by atoms with van der Waals surface area (Å²) in [5.74, 6) is 0. The molecule has 1 rings (SSSR count). The molecule has 0 aliphatic carbocycles. The second kappa shape index (κ2) is 4.44. The highest BCUT2D eigenvalue weighted by molar-refractivity contribution is 4.98. The Balaban J connectivity index is 2.54. The van der Waals surface area contributed by atoms with Gasteiger partial charge in [0.2, 0.25) is 0 Å². The van der Waals surface area contributed by atoms with Crippen LogP contribution in [0.4, 0.5) is 0 Å². The van der Waals surface area contributed by atoms with E-state index in [9.17, 15) is 0 Å². The Morgan fingerprint density at radius 1 is 1.50 bits per heavy atom. The summed E-state index contributed by atoms with van der Waals surface area (Å²) in [6.07, 6.45) is 0.796. The van der Waals surface area contributed by atoms with Gasteiger partial charge in [-0.15, -0.1) is 0 Å². The number of ether oxygens (including phenoxy) is 1. The van der Waals surface area contributed by atoms with Crippen LogP contribution < -0.4 is 0 Å². The topological polar surface area (TPSA) is 36.3 Å². The molecule has 0 aromatic carbocycles. The summed E-state index contributed by atoms with van der Waals surface area (Å²) in [5, 5.41) is 8.77. The van der Waals surface area contributed by atoms with Crippen molar-refractivity contribution in [3.05, 3.63) is 0 Å². The summed E-state index contributed by atoms with van der Waals surface area (Å²) in [4.78, 5) is 2.29. The average molecular weight is 168 g/mol. The van der Waals surface area contributed by atoms with Crippen molar-refractivity contribution in [1.29, 1.82) is 5.26 Å². The first-order valence-electron chi connectivity index (χ1n) is 4.58. The summed E-state index contributed by atoms with van der Waals surface area (Å²) < 4.78 is 5.30. The number of nitrogens with zero attached hydrogens (tertiary/aromatic N) is 2. The molecule has 2 atom stereocenters. The Morgan fingerprint density at radius 3 is 2.67 bits per heavy atom. The van der Waals surface area contributed by atoms with E-state index in [1.165, 1.54) is 0 Å². The molecule has 68 valence electrons. The van der Waals surface area contributed by atoms with Gasteiger partial charge in [0.25, 0.3) is 0 Å². The highest BCUT2D eigenvalue weighted by Gasteiger charge is 2.31. The molecule has 2 unspecified atom stereocenters. The van der Waals surface area contributed by atoms with Crippen molar-refractivity contribution in [3.63, 3.8) is 0 Å². The van der Waals surface area contributed by atoms with Crippen molar-refractivity contribution in [3.8, 4) is 6.07 Å². The number of likely N-dealkylation sites (N-methyl/N-ethyl adjacent to an activating group) is 1. The maximum absolute atomic E-state index is 8.77. The highest BCUT2D eigenvalue weighted by Crippen LogP contribution is 2.18. The van der Waals surface area contributed by atoms with Crippen LogP contribution in [0.2, 0.25) is 0 Å². The molecule has 1 saturated heterocycles. The zero-order valence-electron chi connectivity index (χ0n) is 7.79. The van der Waals surface area contributed by atoms with E-state index in [-0.39, 0.29) is 6.10 Å². The van der Waals surface area contributed by atoms with E-state index in [1.807, 2.05) is 0 Å². The van der Waals surface area contributed by atoms with Gasteiger partial charge < -0.3 is 4.74 Å². The van der Waals surface area contributed by atoms with Crippen LogP contribution in [-0.2, 0) is 4.74 Å². The SMILES string of the molecule is CCN(CC)C1CCOC1C#N. The molecule has 0 N–H and O–H groups in total. The fourth-order valence-electron chi connectivity index (χ4n) is 1.77. The Bertz CT molecular complexity index is 172. The first-order chi connectivity index (χ1) is 5.83. The molecule has 0 amide bonds. The molecule has 0 aromatic heterocycles. The molecule has 1 aliphatic rings. The van der Waals surface area contributed by atoms with Gasteiger partial charge in [-0.2, -0.15) is 5.26 Å². The summed E-state index contributed by atoms with van der Waals surface area (Å²) in [6, 6.07) is 2.52. The van der Waals surface area contributed by atoms with Crippen molar-refractivity contribution in [2.75, 3.05) is 19.7 Å². The third-order valence-corrected chi connectivity index (χ3v) is 2.47. The zero-order chi connectivity index (χ0) is 8.97. The molecule has 1 fully saturated rings. The Hall–Kier alpha value is -0.590. The van der Waals surface area contributed by atoms with Gasteiger partial charge in [0.1, 0.15) is 0 Å². The zero-order valence-corrected chi connectivity index (χ0v) is 7.79. The molecule has 1 aliphatic heterocycles. The minimum atomic E-state index is -0.204. The van der Waals surface area contributed by atoms with Crippen molar-refractivity contribution < 1.29 is 4.74 Å². The van der Waals surface area contributed by atoms with Gasteiger partial charge in [-0.3, -0.25) is 4.90 Å². The van der Waals surface area contributed by atoms with Crippen LogP contribution in [0.15, 0.2) is 0 Å². The van der Waals surface area contributed by atoms with Gasteiger partial charge in [-0.1, -0.05) is 13.8 Å². The van der Waals surface area contributed by atoms with Crippen molar-refractivity contribution >= 4 is 0 Å². The van der Waals surface area contributed by atoms with Crippen LogP contribution >= 0.6 is 0 Å². The van der Waals surface area contributed by atoms with Gasteiger partial charge in [-0.05, 0) is 19.5 Å². The van der Waals surface area contributed by atoms with Gasteiger partial charge >= 0.3 is 0 Å². The van der Waals surface area contributed by atoms with Crippen molar-refractivity contribution in [2.45, 2.75) is 32.4 Å². The molecule has 0 bridgehead atoms. The standard InChI is InChI=1S/C9H16N2O/c1-3-11(4-2)8-5-6-12-9(8)7-10/h8-9H,3-6H2,1-2H3. The van der Waals surface area contributed by atoms with Crippen molar-refractivity contribution in [2.24, 2.45) is 0 Å². The maximum Gasteiger partial charge on any atom is 0.159 e. The minimum Gasteiger partial charge on any atom is -0.362 e. The third-order valence-electron chi connectivity index (χ3n) is 2.47. The fourth-order valence-corrected chi connectivity index (χ4v) is 1.77. The lowest BCUT2D eigenvalue weighted by molar-refractivity contribution is 0.103. The van der Waals surface area contributed by atoms with Gasteiger partial charge in [-0.25, -0.2) is 0 Å². The molecule has 12 heavy (non-hydrogen) atoms. The number of hydrogen-bond donors (Lipinski definition) is 0. The lowest BCUT2D eigenvalue weighted by Crippen LogP contribution is -2.39. The Morgan fingerprint density at radius 2 is 2.17 bits per heavy atom. The van der Waals surface area contributed by atoms with E-state index in [0.717, 1.165) is 26.1 Å². The summed E-state index contributed by atoms with van der Waals surface area (Å²) >= 11 is 0.